The molecule has 3 aromatic heterocycles. The molecular formula is C22H21ClFN8NaO2. The van der Waals surface area contributed by atoms with Crippen molar-refractivity contribution in [2.75, 3.05) is 37.8 Å². The number of nitrogens with zero attached hydrogens (tertiary/aromatic N) is 6. The predicted octanol–water partition coefficient (Wildman–Crippen LogP) is 0.415. The van der Waals surface area contributed by atoms with Crippen LogP contribution in [0.3, 0.4) is 0 Å². The van der Waals surface area contributed by atoms with Gasteiger partial charge in [0, 0.05) is 41.9 Å². The van der Waals surface area contributed by atoms with Gasteiger partial charge >= 0.3 is 35.3 Å². The molecule has 0 aliphatic heterocycles. The van der Waals surface area contributed by atoms with Crippen molar-refractivity contribution in [3.8, 4) is 22.5 Å². The second-order valence-electron chi connectivity index (χ2n) is 7.64. The molecule has 10 nitrogen and oxygen atoms in total. The number of hydrogen-bond acceptors (Lipinski definition) is 9. The quantitative estimate of drug-likeness (QED) is 0.244. The van der Waals surface area contributed by atoms with Gasteiger partial charge in [0.1, 0.15) is 11.6 Å². The van der Waals surface area contributed by atoms with E-state index in [1.54, 1.807) is 24.5 Å². The van der Waals surface area contributed by atoms with Crippen molar-refractivity contribution < 1.29 is 38.5 Å². The summed E-state index contributed by atoms with van der Waals surface area (Å²) in [4.78, 5) is 30.3. The summed E-state index contributed by atoms with van der Waals surface area (Å²) in [7, 11) is 4.02. The first-order valence-corrected chi connectivity index (χ1v) is 10.7. The Bertz CT molecular complexity index is 1350. The fraction of sp³-hybridized carbons (Fsp3) is 0.227. The summed E-state index contributed by atoms with van der Waals surface area (Å²) in [5, 5.41) is 10.0. The van der Waals surface area contributed by atoms with Crippen LogP contribution < -0.4 is 50.9 Å². The number of benzene rings is 1. The minimum absolute atomic E-state index is 0. The molecule has 13 heteroatoms. The smallest absolute Gasteiger partial charge is 0.422 e. The van der Waals surface area contributed by atoms with Gasteiger partial charge in [0.15, 0.2) is 0 Å². The van der Waals surface area contributed by atoms with Crippen LogP contribution in [-0.2, 0) is 0 Å². The van der Waals surface area contributed by atoms with Crippen LogP contribution in [0.4, 0.5) is 21.8 Å². The van der Waals surface area contributed by atoms with Crippen LogP contribution in [0.2, 0.25) is 5.02 Å². The van der Waals surface area contributed by atoms with Crippen LogP contribution in [0.5, 0.6) is 0 Å². The minimum Gasteiger partial charge on any atom is -0.422 e. The molecule has 0 unspecified atom stereocenters. The molecule has 0 bridgehead atoms. The van der Waals surface area contributed by atoms with Crippen molar-refractivity contribution in [2.24, 2.45) is 0 Å². The molecule has 0 saturated carbocycles. The van der Waals surface area contributed by atoms with E-state index >= 15 is 0 Å². The Morgan fingerprint density at radius 2 is 1.97 bits per heavy atom. The average molecular weight is 507 g/mol. The predicted molar refractivity (Wildman–Crippen MR) is 127 cm³/mol. The zero-order valence-electron chi connectivity index (χ0n) is 19.4. The topological polar surface area (TPSA) is 123 Å². The normalized spacial score (nSPS) is 10.8. The summed E-state index contributed by atoms with van der Waals surface area (Å²) < 4.78 is 18.0. The van der Waals surface area contributed by atoms with Gasteiger partial charge in [-0.1, -0.05) is 11.6 Å². The van der Waals surface area contributed by atoms with Crippen LogP contribution in [0.1, 0.15) is 6.42 Å². The Morgan fingerprint density at radius 1 is 1.17 bits per heavy atom. The second-order valence-corrected chi connectivity index (χ2v) is 8.05. The van der Waals surface area contributed by atoms with E-state index < -0.39 is 11.6 Å². The first-order valence-electron chi connectivity index (χ1n) is 10.3. The Balaban J connectivity index is 0.00000342. The third kappa shape index (κ3) is 7.09. The van der Waals surface area contributed by atoms with Crippen LogP contribution in [-0.4, -0.2) is 52.2 Å². The van der Waals surface area contributed by atoms with E-state index in [0.717, 1.165) is 13.0 Å². The van der Waals surface area contributed by atoms with Gasteiger partial charge in [-0.15, -0.1) is 0 Å². The monoisotopic (exact) mass is 506 g/mol. The summed E-state index contributed by atoms with van der Waals surface area (Å²) in [6.07, 6.45) is 5.72. The Hall–Kier alpha value is -2.83. The molecular weight excluding hydrogens is 486 g/mol. The average Bonchev–Trinajstić information content (AvgIpc) is 3.26. The van der Waals surface area contributed by atoms with E-state index in [1.807, 2.05) is 14.1 Å². The van der Waals surface area contributed by atoms with Crippen molar-refractivity contribution in [2.45, 2.75) is 6.42 Å². The van der Waals surface area contributed by atoms with Gasteiger partial charge in [-0.25, -0.2) is 14.2 Å². The zero-order valence-corrected chi connectivity index (χ0v) is 22.2. The Labute approximate surface area is 227 Å². The van der Waals surface area contributed by atoms with E-state index in [9.17, 15) is 9.18 Å². The summed E-state index contributed by atoms with van der Waals surface area (Å²) in [5.74, 6) is -0.263. The van der Waals surface area contributed by atoms with E-state index in [4.69, 9.17) is 11.6 Å². The van der Waals surface area contributed by atoms with Crippen molar-refractivity contribution >= 4 is 29.1 Å². The molecule has 1 aromatic carbocycles. The molecule has 0 aliphatic rings. The van der Waals surface area contributed by atoms with Crippen molar-refractivity contribution in [3.05, 3.63) is 64.2 Å². The van der Waals surface area contributed by atoms with Gasteiger partial charge in [0.2, 0.25) is 5.95 Å². The number of rotatable bonds is 9. The number of pyridine rings is 1. The van der Waals surface area contributed by atoms with Gasteiger partial charge in [-0.3, -0.25) is 10.1 Å². The van der Waals surface area contributed by atoms with Crippen LogP contribution in [0, 0.1) is 5.82 Å². The molecule has 35 heavy (non-hydrogen) atoms. The Kier molecular flexibility index (Phi) is 9.35. The second kappa shape index (κ2) is 12.2. The van der Waals surface area contributed by atoms with Crippen LogP contribution in [0.15, 0.2) is 52.2 Å². The molecule has 0 saturated heterocycles. The summed E-state index contributed by atoms with van der Waals surface area (Å²) >= 11 is 5.88. The Morgan fingerprint density at radius 3 is 2.69 bits per heavy atom. The van der Waals surface area contributed by atoms with Gasteiger partial charge in [0.25, 0.3) is 0 Å². The standard InChI is InChI=1S/C22H22ClFN8O2.Na/c1-32(2)7-3-6-26-20-16(13-8-14(11-25-10-13)19-30-22(33)34-31-19)12-27-21(29-20)28-15-4-5-18(24)17(23)9-15;/h4-5,8-12H,3,6-7H2,1-2H3,(H3,26,27,28,29,30,31,33);/q;+1/p-1. The molecule has 176 valence electrons. The first kappa shape index (κ1) is 26.8. The maximum Gasteiger partial charge on any atom is 1.00 e. The fourth-order valence-electron chi connectivity index (χ4n) is 3.13. The van der Waals surface area contributed by atoms with Gasteiger partial charge in [0.05, 0.1) is 5.02 Å². The number of anilines is 3. The molecule has 4 aromatic rings. The van der Waals surface area contributed by atoms with Gasteiger partial charge in [-0.05, 0) is 62.7 Å². The van der Waals surface area contributed by atoms with E-state index in [2.05, 4.69) is 45.1 Å². The number of hydrogen-bond donors (Lipinski definition) is 2. The van der Waals surface area contributed by atoms with E-state index in [-0.39, 0.29) is 40.4 Å². The molecule has 0 spiro atoms. The van der Waals surface area contributed by atoms with E-state index in [0.29, 0.717) is 40.7 Å². The largest absolute Gasteiger partial charge is 1.00 e. The SMILES string of the molecule is CN(C)CCCNc1nc(Nc2ccc(F)c(Cl)c2)ncc1-c1cncc(-c2noc(=O)[n-]2)c1.[Na+]. The molecule has 0 amide bonds. The summed E-state index contributed by atoms with van der Waals surface area (Å²) in [6.45, 7) is 1.57. The maximum absolute atomic E-state index is 13.5. The molecule has 2 N–H and O–H groups in total. The summed E-state index contributed by atoms with van der Waals surface area (Å²) in [5.41, 5.74) is 2.45. The molecule has 0 atom stereocenters. The third-order valence-electron chi connectivity index (χ3n) is 4.75. The molecule has 0 fully saturated rings. The number of halogens is 2. The molecule has 3 heterocycles. The van der Waals surface area contributed by atoms with Crippen LogP contribution >= 0.6 is 11.6 Å². The third-order valence-corrected chi connectivity index (χ3v) is 5.04. The number of nitrogens with one attached hydrogen (secondary N) is 2. The van der Waals surface area contributed by atoms with Crippen LogP contribution in [0.25, 0.3) is 22.5 Å². The zero-order chi connectivity index (χ0) is 24.1. The van der Waals surface area contributed by atoms with Crippen molar-refractivity contribution in [3.63, 3.8) is 0 Å². The summed E-state index contributed by atoms with van der Waals surface area (Å²) in [6, 6.07) is 6.04. The molecule has 4 rings (SSSR count). The van der Waals surface area contributed by atoms with Gasteiger partial charge in [-0.2, -0.15) is 4.98 Å². The maximum atomic E-state index is 13.5. The van der Waals surface area contributed by atoms with E-state index in [1.165, 1.54) is 18.3 Å². The number of aromatic nitrogens is 5. The van der Waals surface area contributed by atoms with Gasteiger partial charge < -0.3 is 25.0 Å². The molecule has 0 aliphatic carbocycles. The van der Waals surface area contributed by atoms with Crippen molar-refractivity contribution in [1.29, 1.82) is 0 Å². The fourth-order valence-corrected chi connectivity index (χ4v) is 3.31. The minimum atomic E-state index is -0.775. The first-order chi connectivity index (χ1) is 16.4. The van der Waals surface area contributed by atoms with Crippen molar-refractivity contribution in [1.82, 2.24) is 30.0 Å². The molecule has 0 radical (unpaired) electrons.